The van der Waals surface area contributed by atoms with Crippen molar-refractivity contribution < 1.29 is 19.1 Å². The molecule has 0 radical (unpaired) electrons. The molecule has 1 aromatic heterocycles. The molecular formula is C16H26N4O4. The van der Waals surface area contributed by atoms with E-state index in [-0.39, 0.29) is 24.3 Å². The zero-order valence-corrected chi connectivity index (χ0v) is 14.7. The van der Waals surface area contributed by atoms with E-state index in [0.29, 0.717) is 31.7 Å². The van der Waals surface area contributed by atoms with E-state index in [9.17, 15) is 9.59 Å². The number of ether oxygens (including phenoxy) is 2. The predicted octanol–water partition coefficient (Wildman–Crippen LogP) is 2.21. The molecule has 1 aromatic rings. The highest BCUT2D eigenvalue weighted by molar-refractivity contribution is 5.94. The molecule has 2 N–H and O–H groups in total. The van der Waals surface area contributed by atoms with Gasteiger partial charge in [-0.25, -0.2) is 14.3 Å². The first-order valence-corrected chi connectivity index (χ1v) is 8.21. The third-order valence-corrected chi connectivity index (χ3v) is 3.79. The van der Waals surface area contributed by atoms with Gasteiger partial charge >= 0.3 is 12.1 Å². The normalized spacial score (nSPS) is 16.1. The Labute approximate surface area is 141 Å². The second-order valence-electron chi connectivity index (χ2n) is 6.81. The fraction of sp³-hybridized carbons (Fsp3) is 0.688. The van der Waals surface area contributed by atoms with Gasteiger partial charge in [-0.15, -0.1) is 0 Å². The van der Waals surface area contributed by atoms with Gasteiger partial charge in [0.25, 0.3) is 0 Å². The Kier molecular flexibility index (Phi) is 5.36. The first-order valence-electron chi connectivity index (χ1n) is 8.21. The molecule has 0 unspecified atom stereocenters. The van der Waals surface area contributed by atoms with Gasteiger partial charge in [0.2, 0.25) is 0 Å². The number of amides is 1. The lowest BCUT2D eigenvalue weighted by Crippen LogP contribution is -2.42. The van der Waals surface area contributed by atoms with E-state index in [0.717, 1.165) is 0 Å². The number of rotatable bonds is 3. The van der Waals surface area contributed by atoms with Gasteiger partial charge in [-0.05, 0) is 40.5 Å². The minimum atomic E-state index is -0.505. The van der Waals surface area contributed by atoms with Crippen molar-refractivity contribution in [3.05, 3.63) is 11.8 Å². The fourth-order valence-corrected chi connectivity index (χ4v) is 2.65. The van der Waals surface area contributed by atoms with Crippen LogP contribution >= 0.6 is 0 Å². The summed E-state index contributed by atoms with van der Waals surface area (Å²) in [4.78, 5) is 25.6. The van der Waals surface area contributed by atoms with Gasteiger partial charge < -0.3 is 20.1 Å². The molecule has 0 bridgehead atoms. The molecule has 1 aliphatic rings. The van der Waals surface area contributed by atoms with Crippen LogP contribution in [0.25, 0.3) is 0 Å². The summed E-state index contributed by atoms with van der Waals surface area (Å²) in [7, 11) is 0. The quantitative estimate of drug-likeness (QED) is 0.848. The van der Waals surface area contributed by atoms with Gasteiger partial charge in [-0.2, -0.15) is 5.10 Å². The topological polar surface area (TPSA) is 99.7 Å². The molecule has 0 aromatic carbocycles. The number of esters is 1. The van der Waals surface area contributed by atoms with Crippen molar-refractivity contribution in [3.63, 3.8) is 0 Å². The van der Waals surface area contributed by atoms with E-state index in [4.69, 9.17) is 15.2 Å². The van der Waals surface area contributed by atoms with E-state index in [1.807, 2.05) is 20.8 Å². The number of likely N-dealkylation sites (tertiary alicyclic amines) is 1. The molecule has 8 heteroatoms. The Morgan fingerprint density at radius 1 is 1.33 bits per heavy atom. The summed E-state index contributed by atoms with van der Waals surface area (Å²) in [6.07, 6.45) is 2.54. The SMILES string of the molecule is CCOC(=O)c1cnn(C2CCN(C(=O)OC(C)(C)C)CC2)c1N. The van der Waals surface area contributed by atoms with E-state index < -0.39 is 11.6 Å². The summed E-state index contributed by atoms with van der Waals surface area (Å²) in [5.41, 5.74) is 5.82. The average Bonchev–Trinajstić information content (AvgIpc) is 2.87. The molecule has 0 saturated carbocycles. The van der Waals surface area contributed by atoms with Crippen LogP contribution in [0, 0.1) is 0 Å². The molecule has 1 fully saturated rings. The van der Waals surface area contributed by atoms with Gasteiger partial charge in [0.1, 0.15) is 17.0 Å². The Morgan fingerprint density at radius 2 is 1.96 bits per heavy atom. The van der Waals surface area contributed by atoms with Crippen molar-refractivity contribution in [1.82, 2.24) is 14.7 Å². The Bertz CT molecular complexity index is 598. The molecule has 0 aliphatic carbocycles. The number of carbonyl (C=O) groups excluding carboxylic acids is 2. The van der Waals surface area contributed by atoms with Gasteiger partial charge in [-0.1, -0.05) is 0 Å². The Hall–Kier alpha value is -2.25. The molecule has 1 amide bonds. The molecule has 1 saturated heterocycles. The predicted molar refractivity (Wildman–Crippen MR) is 88.7 cm³/mol. The van der Waals surface area contributed by atoms with Crippen molar-refractivity contribution in [1.29, 1.82) is 0 Å². The average molecular weight is 338 g/mol. The summed E-state index contributed by atoms with van der Waals surface area (Å²) < 4.78 is 12.0. The maximum atomic E-state index is 12.1. The van der Waals surface area contributed by atoms with Crippen molar-refractivity contribution >= 4 is 17.9 Å². The van der Waals surface area contributed by atoms with Gasteiger partial charge in [-0.3, -0.25) is 0 Å². The number of anilines is 1. The monoisotopic (exact) mass is 338 g/mol. The fourth-order valence-electron chi connectivity index (χ4n) is 2.65. The molecule has 134 valence electrons. The second kappa shape index (κ2) is 7.11. The molecule has 2 rings (SSSR count). The third-order valence-electron chi connectivity index (χ3n) is 3.79. The molecule has 0 spiro atoms. The van der Waals surface area contributed by atoms with Crippen LogP contribution in [-0.2, 0) is 9.47 Å². The lowest BCUT2D eigenvalue weighted by atomic mass is 10.1. The zero-order chi connectivity index (χ0) is 17.9. The summed E-state index contributed by atoms with van der Waals surface area (Å²) in [6, 6.07) is 0.0480. The molecular weight excluding hydrogens is 312 g/mol. The Balaban J connectivity index is 1.98. The summed E-state index contributed by atoms with van der Waals surface area (Å²) >= 11 is 0. The number of piperidine rings is 1. The molecule has 1 aliphatic heterocycles. The van der Waals surface area contributed by atoms with Crippen LogP contribution in [0.5, 0.6) is 0 Å². The number of carbonyl (C=O) groups is 2. The first-order chi connectivity index (χ1) is 11.2. The number of nitrogen functional groups attached to an aromatic ring is 1. The molecule has 8 nitrogen and oxygen atoms in total. The maximum Gasteiger partial charge on any atom is 0.410 e. The summed E-state index contributed by atoms with van der Waals surface area (Å²) in [5, 5.41) is 4.23. The van der Waals surface area contributed by atoms with Crippen molar-refractivity contribution in [3.8, 4) is 0 Å². The van der Waals surface area contributed by atoms with Crippen molar-refractivity contribution in [2.75, 3.05) is 25.4 Å². The third kappa shape index (κ3) is 4.18. The molecule has 24 heavy (non-hydrogen) atoms. The lowest BCUT2D eigenvalue weighted by Gasteiger charge is -2.33. The summed E-state index contributed by atoms with van der Waals surface area (Å²) in [6.45, 7) is 8.70. The molecule has 0 atom stereocenters. The molecule has 2 heterocycles. The van der Waals surface area contributed by atoms with E-state index in [1.54, 1.807) is 16.5 Å². The maximum absolute atomic E-state index is 12.1. The first kappa shape index (κ1) is 18.1. The minimum Gasteiger partial charge on any atom is -0.462 e. The highest BCUT2D eigenvalue weighted by atomic mass is 16.6. The van der Waals surface area contributed by atoms with Crippen molar-refractivity contribution in [2.24, 2.45) is 0 Å². The highest BCUT2D eigenvalue weighted by Crippen LogP contribution is 2.27. The van der Waals surface area contributed by atoms with Crippen LogP contribution in [0.3, 0.4) is 0 Å². The van der Waals surface area contributed by atoms with Crippen molar-refractivity contribution in [2.45, 2.75) is 52.2 Å². The standard InChI is InChI=1S/C16H26N4O4/c1-5-23-14(21)12-10-18-20(13(12)17)11-6-8-19(9-7-11)15(22)24-16(2,3)4/h10-11H,5-9,17H2,1-4H3. The highest BCUT2D eigenvalue weighted by Gasteiger charge is 2.29. The van der Waals surface area contributed by atoms with E-state index in [1.165, 1.54) is 6.20 Å². The Morgan fingerprint density at radius 3 is 2.50 bits per heavy atom. The number of nitrogens with two attached hydrogens (primary N) is 1. The number of hydrogen-bond acceptors (Lipinski definition) is 6. The van der Waals surface area contributed by atoms with Crippen LogP contribution in [0.4, 0.5) is 10.6 Å². The number of aromatic nitrogens is 2. The van der Waals surface area contributed by atoms with Gasteiger partial charge in [0, 0.05) is 13.1 Å². The number of nitrogens with zero attached hydrogens (tertiary/aromatic N) is 3. The van der Waals surface area contributed by atoms with Crippen LogP contribution < -0.4 is 5.73 Å². The lowest BCUT2D eigenvalue weighted by molar-refractivity contribution is 0.0185. The largest absolute Gasteiger partial charge is 0.462 e. The summed E-state index contributed by atoms with van der Waals surface area (Å²) in [5.74, 6) is -0.156. The van der Waals surface area contributed by atoms with Crippen LogP contribution in [0.2, 0.25) is 0 Å². The van der Waals surface area contributed by atoms with E-state index >= 15 is 0 Å². The second-order valence-corrected chi connectivity index (χ2v) is 6.81. The van der Waals surface area contributed by atoms with Gasteiger partial charge in [0.05, 0.1) is 18.8 Å². The van der Waals surface area contributed by atoms with Gasteiger partial charge in [0.15, 0.2) is 0 Å². The minimum absolute atomic E-state index is 0.0480. The van der Waals surface area contributed by atoms with E-state index in [2.05, 4.69) is 5.10 Å². The number of hydrogen-bond donors (Lipinski definition) is 1. The zero-order valence-electron chi connectivity index (χ0n) is 14.7. The smallest absolute Gasteiger partial charge is 0.410 e. The van der Waals surface area contributed by atoms with Crippen LogP contribution in [0.15, 0.2) is 6.20 Å². The van der Waals surface area contributed by atoms with Crippen LogP contribution in [0.1, 0.15) is 56.9 Å². The van der Waals surface area contributed by atoms with Crippen LogP contribution in [-0.4, -0.2) is 52.0 Å².